The summed E-state index contributed by atoms with van der Waals surface area (Å²) in [6, 6.07) is 7.42. The van der Waals surface area contributed by atoms with Crippen LogP contribution in [0, 0.1) is 0 Å². The normalized spacial score (nSPS) is 28.2. The number of rotatable bonds is 6. The van der Waals surface area contributed by atoms with Gasteiger partial charge in [0.15, 0.2) is 17.1 Å². The Morgan fingerprint density at radius 3 is 1.88 bits per heavy atom. The molecule has 40 heavy (non-hydrogen) atoms. The quantitative estimate of drug-likeness (QED) is 0.117. The summed E-state index contributed by atoms with van der Waals surface area (Å²) >= 11 is 0. The third-order valence-electron chi connectivity index (χ3n) is 7.48. The second-order valence-corrected chi connectivity index (χ2v) is 9.91. The standard InChI is InChI=1S/C24H29NO15/c1-39-16-14(26)12-13(15(27)17(16)40-2)22(33,34)20(30,18(12)28)9-19(29)10-21(31,32)25(24(37,38)23(19,35)36)8-11-6-4-3-5-7-11/h3-7,26-27,29-38H,8-10H2,1-2H3. The van der Waals surface area contributed by atoms with E-state index in [1.807, 2.05) is 0 Å². The van der Waals surface area contributed by atoms with E-state index >= 15 is 0 Å². The molecule has 0 saturated carbocycles. The molecule has 1 fully saturated rings. The summed E-state index contributed by atoms with van der Waals surface area (Å²) in [6.45, 7) is -0.750. The van der Waals surface area contributed by atoms with Gasteiger partial charge in [0.05, 0.1) is 31.8 Å². The molecule has 0 aromatic heterocycles. The van der Waals surface area contributed by atoms with Crippen LogP contribution in [0.5, 0.6) is 23.0 Å². The zero-order valence-electron chi connectivity index (χ0n) is 21.0. The van der Waals surface area contributed by atoms with Gasteiger partial charge in [0.25, 0.3) is 11.7 Å². The van der Waals surface area contributed by atoms with Gasteiger partial charge in [-0.1, -0.05) is 30.3 Å². The lowest BCUT2D eigenvalue weighted by Crippen LogP contribution is -2.84. The molecule has 0 radical (unpaired) electrons. The highest BCUT2D eigenvalue weighted by atomic mass is 16.7. The van der Waals surface area contributed by atoms with E-state index in [1.54, 1.807) is 6.07 Å². The maximum atomic E-state index is 13.4. The van der Waals surface area contributed by atoms with Crippen molar-refractivity contribution in [2.24, 2.45) is 0 Å². The van der Waals surface area contributed by atoms with E-state index in [9.17, 15) is 66.1 Å². The topological polar surface area (TPSA) is 282 Å². The summed E-state index contributed by atoms with van der Waals surface area (Å²) in [7, 11) is 1.97. The smallest absolute Gasteiger partial charge is 0.289 e. The zero-order valence-corrected chi connectivity index (χ0v) is 21.0. The van der Waals surface area contributed by atoms with Crippen molar-refractivity contribution < 1.29 is 75.5 Å². The van der Waals surface area contributed by atoms with Gasteiger partial charge in [-0.15, -0.1) is 0 Å². The third kappa shape index (κ3) is 3.71. The van der Waals surface area contributed by atoms with Crippen LogP contribution in [0.2, 0.25) is 0 Å². The molecule has 16 heteroatoms. The van der Waals surface area contributed by atoms with Crippen LogP contribution in [-0.2, 0) is 12.3 Å². The number of hydrogen-bond donors (Lipinski definition) is 12. The Labute approximate surface area is 225 Å². The van der Waals surface area contributed by atoms with Crippen molar-refractivity contribution in [1.29, 1.82) is 0 Å². The van der Waals surface area contributed by atoms with Gasteiger partial charge in [-0.2, -0.15) is 4.90 Å². The number of hydrogen-bond acceptors (Lipinski definition) is 16. The molecule has 16 nitrogen and oxygen atoms in total. The first-order chi connectivity index (χ1) is 18.2. The number of phenols is 2. The molecule has 220 valence electrons. The van der Waals surface area contributed by atoms with Gasteiger partial charge in [-0.25, -0.2) is 0 Å². The summed E-state index contributed by atoms with van der Waals surface area (Å²) in [5.74, 6) is -21.4. The minimum Gasteiger partial charge on any atom is -0.504 e. The van der Waals surface area contributed by atoms with E-state index in [0.29, 0.717) is 0 Å². The van der Waals surface area contributed by atoms with E-state index in [2.05, 4.69) is 0 Å². The number of carbonyl (C=O) groups excluding carboxylic acids is 1. The van der Waals surface area contributed by atoms with Crippen molar-refractivity contribution in [3.05, 3.63) is 47.0 Å². The lowest BCUT2D eigenvalue weighted by molar-refractivity contribution is -0.532. The molecule has 2 aromatic carbocycles. The van der Waals surface area contributed by atoms with Gasteiger partial charge in [0.2, 0.25) is 29.0 Å². The number of aromatic hydroxyl groups is 2. The summed E-state index contributed by atoms with van der Waals surface area (Å²) in [5, 5.41) is 130. The van der Waals surface area contributed by atoms with E-state index < -0.39 is 93.9 Å². The third-order valence-corrected chi connectivity index (χ3v) is 7.48. The predicted octanol–water partition coefficient (Wildman–Crippen LogP) is -3.84. The second-order valence-electron chi connectivity index (χ2n) is 9.91. The first-order valence-electron chi connectivity index (χ1n) is 11.6. The number of ether oxygens (including phenoxy) is 2. The van der Waals surface area contributed by atoms with Crippen molar-refractivity contribution in [3.8, 4) is 23.0 Å². The first kappa shape index (κ1) is 29.8. The molecule has 1 aliphatic heterocycles. The van der Waals surface area contributed by atoms with Crippen LogP contribution in [-0.4, -0.2) is 115 Å². The minimum absolute atomic E-state index is 0.0163. The molecule has 0 spiro atoms. The van der Waals surface area contributed by atoms with Crippen molar-refractivity contribution in [1.82, 2.24) is 4.90 Å². The van der Waals surface area contributed by atoms with Crippen LogP contribution in [0.1, 0.15) is 34.3 Å². The maximum absolute atomic E-state index is 13.4. The van der Waals surface area contributed by atoms with Crippen molar-refractivity contribution in [2.75, 3.05) is 14.2 Å². The number of aliphatic hydroxyl groups is 10. The highest BCUT2D eigenvalue weighted by molar-refractivity contribution is 6.12. The molecule has 0 amide bonds. The molecule has 2 aliphatic rings. The number of fused-ring (bicyclic) bond motifs is 1. The molecule has 12 N–H and O–H groups in total. The minimum atomic E-state index is -4.25. The molecule has 1 aliphatic carbocycles. The summed E-state index contributed by atoms with van der Waals surface area (Å²) in [5.41, 5.74) is -9.69. The SMILES string of the molecule is COc1c(O)c2c(c(O)c1OC)C(O)(O)C(O)(CC1(O)CC(O)(O)N(Cc3ccccc3)C(O)(O)C1(O)O)C2=O. The van der Waals surface area contributed by atoms with E-state index in [0.717, 1.165) is 14.2 Å². The fourth-order valence-electron chi connectivity index (χ4n) is 5.37. The number of nitrogens with zero attached hydrogens (tertiary/aromatic N) is 1. The number of piperidine rings is 1. The van der Waals surface area contributed by atoms with Crippen molar-refractivity contribution in [2.45, 2.75) is 54.0 Å². The second kappa shape index (κ2) is 8.93. The van der Waals surface area contributed by atoms with E-state index in [-0.39, 0.29) is 10.5 Å². The lowest BCUT2D eigenvalue weighted by Gasteiger charge is -2.59. The van der Waals surface area contributed by atoms with Gasteiger partial charge in [0.1, 0.15) is 5.60 Å². The number of carbonyl (C=O) groups is 1. The lowest BCUT2D eigenvalue weighted by atomic mass is 9.70. The predicted molar refractivity (Wildman–Crippen MR) is 126 cm³/mol. The molecule has 0 bridgehead atoms. The molecule has 2 atom stereocenters. The fourth-order valence-corrected chi connectivity index (χ4v) is 5.37. The first-order valence-corrected chi connectivity index (χ1v) is 11.6. The molecule has 1 saturated heterocycles. The van der Waals surface area contributed by atoms with Gasteiger partial charge in [-0.05, 0) is 5.56 Å². The molecule has 4 rings (SSSR count). The van der Waals surface area contributed by atoms with E-state index in [1.165, 1.54) is 24.3 Å². The number of Topliss-reactive ketones (excluding diaryl/α,β-unsaturated/α-hetero) is 1. The number of phenolic OH excluding ortho intramolecular Hbond substituents is 2. The van der Waals surface area contributed by atoms with Crippen LogP contribution in [0.3, 0.4) is 0 Å². The summed E-state index contributed by atoms with van der Waals surface area (Å²) in [4.78, 5) is 13.3. The fraction of sp³-hybridized carbons (Fsp3) is 0.458. The summed E-state index contributed by atoms with van der Waals surface area (Å²) < 4.78 is 9.75. The highest BCUT2D eigenvalue weighted by Crippen LogP contribution is 2.60. The zero-order chi connectivity index (χ0) is 30.3. The maximum Gasteiger partial charge on any atom is 0.289 e. The van der Waals surface area contributed by atoms with Crippen LogP contribution >= 0.6 is 0 Å². The average molecular weight is 571 g/mol. The monoisotopic (exact) mass is 571 g/mol. The average Bonchev–Trinajstić information content (AvgIpc) is 3.00. The van der Waals surface area contributed by atoms with Crippen molar-refractivity contribution >= 4 is 5.78 Å². The largest absolute Gasteiger partial charge is 0.504 e. The number of likely N-dealkylation sites (tertiary alicyclic amines) is 1. The Balaban J connectivity index is 1.83. The molecular weight excluding hydrogens is 542 g/mol. The number of ketones is 1. The van der Waals surface area contributed by atoms with Crippen LogP contribution < -0.4 is 9.47 Å². The van der Waals surface area contributed by atoms with E-state index in [4.69, 9.17) is 9.47 Å². The van der Waals surface area contributed by atoms with Gasteiger partial charge in [-0.3, -0.25) is 4.79 Å². The van der Waals surface area contributed by atoms with Crippen LogP contribution in [0.4, 0.5) is 0 Å². The molecule has 1 heterocycles. The van der Waals surface area contributed by atoms with Crippen LogP contribution in [0.25, 0.3) is 0 Å². The van der Waals surface area contributed by atoms with Crippen molar-refractivity contribution in [3.63, 3.8) is 0 Å². The number of benzene rings is 2. The van der Waals surface area contributed by atoms with Gasteiger partial charge < -0.3 is 70.8 Å². The Kier molecular flexibility index (Phi) is 6.67. The molecular formula is C24H29NO15. The van der Waals surface area contributed by atoms with Gasteiger partial charge >= 0.3 is 0 Å². The number of methoxy groups -OCH3 is 2. The molecule has 2 unspecified atom stereocenters. The Morgan fingerprint density at radius 1 is 0.825 bits per heavy atom. The highest BCUT2D eigenvalue weighted by Gasteiger charge is 2.77. The Morgan fingerprint density at radius 2 is 1.35 bits per heavy atom. The van der Waals surface area contributed by atoms with Gasteiger partial charge in [0, 0.05) is 13.0 Å². The molecule has 2 aromatic rings. The summed E-state index contributed by atoms with van der Waals surface area (Å²) in [6.07, 6.45) is -3.60. The van der Waals surface area contributed by atoms with Crippen LogP contribution in [0.15, 0.2) is 30.3 Å². The Hall–Kier alpha value is -3.13. The Bertz CT molecular complexity index is 1340.